The number of hydrogen-bond acceptors (Lipinski definition) is 5. The number of rotatable bonds is 6. The third-order valence-corrected chi connectivity index (χ3v) is 4.19. The monoisotopic (exact) mass is 363 g/mol. The number of hydrogen-bond donors (Lipinski definition) is 1. The molecule has 0 fully saturated rings. The number of ether oxygens (including phenoxy) is 1. The highest BCUT2D eigenvalue weighted by Crippen LogP contribution is 2.23. The minimum Gasteiger partial charge on any atom is -0.467 e. The summed E-state index contributed by atoms with van der Waals surface area (Å²) in [6.07, 6.45) is 4.54. The van der Waals surface area contributed by atoms with E-state index in [4.69, 9.17) is 9.15 Å². The molecule has 1 heterocycles. The van der Waals surface area contributed by atoms with Gasteiger partial charge in [-0.05, 0) is 30.7 Å². The number of aliphatic hydroxyl groups is 1. The molecule has 0 aliphatic rings. The number of benzene rings is 2. The molecule has 1 N–H and O–H groups in total. The fourth-order valence-electron chi connectivity index (χ4n) is 2.66. The van der Waals surface area contributed by atoms with E-state index in [1.807, 2.05) is 61.5 Å². The Hall–Kier alpha value is -3.18. The molecule has 0 amide bonds. The number of esters is 1. The molecule has 138 valence electrons. The van der Waals surface area contributed by atoms with Gasteiger partial charge in [0, 0.05) is 5.56 Å². The molecule has 5 heteroatoms. The van der Waals surface area contributed by atoms with Crippen molar-refractivity contribution in [2.75, 3.05) is 7.11 Å². The molecule has 0 aliphatic carbocycles. The first-order valence-electron chi connectivity index (χ1n) is 8.57. The van der Waals surface area contributed by atoms with Crippen LogP contribution in [0.25, 0.3) is 17.5 Å². The van der Waals surface area contributed by atoms with E-state index in [9.17, 15) is 9.90 Å². The number of aromatic nitrogens is 1. The molecular weight excluding hydrogens is 342 g/mol. The molecule has 2 aromatic carbocycles. The van der Waals surface area contributed by atoms with Crippen molar-refractivity contribution in [1.82, 2.24) is 4.98 Å². The van der Waals surface area contributed by atoms with E-state index in [1.54, 1.807) is 6.08 Å². The summed E-state index contributed by atoms with van der Waals surface area (Å²) in [4.78, 5) is 16.4. The van der Waals surface area contributed by atoms with Gasteiger partial charge in [0.05, 0.1) is 19.7 Å². The van der Waals surface area contributed by atoms with Crippen molar-refractivity contribution >= 4 is 12.0 Å². The summed E-state index contributed by atoms with van der Waals surface area (Å²) in [6.45, 7) is 1.99. The Balaban J connectivity index is 1.83. The highest BCUT2D eigenvalue weighted by Gasteiger charge is 2.36. The first-order valence-corrected chi connectivity index (χ1v) is 8.57. The van der Waals surface area contributed by atoms with Crippen LogP contribution in [-0.2, 0) is 16.0 Å². The number of oxazole rings is 1. The van der Waals surface area contributed by atoms with Crippen LogP contribution in [-0.4, -0.2) is 28.8 Å². The zero-order chi connectivity index (χ0) is 19.3. The van der Waals surface area contributed by atoms with Gasteiger partial charge in [0.2, 0.25) is 5.89 Å². The van der Waals surface area contributed by atoms with Gasteiger partial charge in [-0.25, -0.2) is 9.78 Å². The molecule has 0 saturated carbocycles. The van der Waals surface area contributed by atoms with Crippen LogP contribution in [0, 0.1) is 6.92 Å². The Bertz CT molecular complexity index is 928. The SMILES string of the molecule is COC(=O)[C@](O)(/C=C/c1ccc(C)cc1)Cc1cnc(-c2ccccc2)o1. The van der Waals surface area contributed by atoms with E-state index < -0.39 is 11.6 Å². The summed E-state index contributed by atoms with van der Waals surface area (Å²) < 4.78 is 10.5. The maximum absolute atomic E-state index is 12.2. The molecule has 1 atom stereocenters. The third-order valence-electron chi connectivity index (χ3n) is 4.19. The summed E-state index contributed by atoms with van der Waals surface area (Å²) in [6, 6.07) is 17.1. The molecular formula is C22H21NO4. The van der Waals surface area contributed by atoms with Gasteiger partial charge in [-0.3, -0.25) is 0 Å². The van der Waals surface area contributed by atoms with Crippen molar-refractivity contribution in [2.45, 2.75) is 18.9 Å². The molecule has 5 nitrogen and oxygen atoms in total. The molecule has 0 radical (unpaired) electrons. The average molecular weight is 363 g/mol. The van der Waals surface area contributed by atoms with Crippen molar-refractivity contribution in [3.63, 3.8) is 0 Å². The van der Waals surface area contributed by atoms with Crippen LogP contribution < -0.4 is 0 Å². The topological polar surface area (TPSA) is 72.6 Å². The quantitative estimate of drug-likeness (QED) is 0.674. The molecule has 3 aromatic rings. The second-order valence-corrected chi connectivity index (χ2v) is 6.33. The van der Waals surface area contributed by atoms with E-state index in [0.29, 0.717) is 11.7 Å². The summed E-state index contributed by atoms with van der Waals surface area (Å²) in [5.74, 6) is 0.0548. The zero-order valence-corrected chi connectivity index (χ0v) is 15.3. The fourth-order valence-corrected chi connectivity index (χ4v) is 2.66. The second-order valence-electron chi connectivity index (χ2n) is 6.33. The largest absolute Gasteiger partial charge is 0.467 e. The summed E-state index contributed by atoms with van der Waals surface area (Å²) in [5, 5.41) is 10.9. The van der Waals surface area contributed by atoms with Crippen molar-refractivity contribution in [3.8, 4) is 11.5 Å². The molecule has 0 spiro atoms. The van der Waals surface area contributed by atoms with Gasteiger partial charge >= 0.3 is 5.97 Å². The van der Waals surface area contributed by atoms with E-state index in [2.05, 4.69) is 4.98 Å². The van der Waals surface area contributed by atoms with Gasteiger partial charge in [0.15, 0.2) is 5.60 Å². The highest BCUT2D eigenvalue weighted by molar-refractivity contribution is 5.83. The van der Waals surface area contributed by atoms with Crippen molar-refractivity contribution < 1.29 is 19.1 Å². The van der Waals surface area contributed by atoms with Gasteiger partial charge in [-0.2, -0.15) is 0 Å². The van der Waals surface area contributed by atoms with E-state index in [-0.39, 0.29) is 6.42 Å². The van der Waals surface area contributed by atoms with Crippen molar-refractivity contribution in [3.05, 3.63) is 83.8 Å². The molecule has 1 aromatic heterocycles. The molecule has 0 aliphatic heterocycles. The Morgan fingerprint density at radius 2 is 1.89 bits per heavy atom. The summed E-state index contributed by atoms with van der Waals surface area (Å²) in [5.41, 5.74) is 0.962. The van der Waals surface area contributed by atoms with Crippen LogP contribution in [0.4, 0.5) is 0 Å². The maximum Gasteiger partial charge on any atom is 0.342 e. The Morgan fingerprint density at radius 1 is 1.19 bits per heavy atom. The van der Waals surface area contributed by atoms with E-state index in [0.717, 1.165) is 16.7 Å². The van der Waals surface area contributed by atoms with Crippen LogP contribution in [0.15, 0.2) is 71.3 Å². The van der Waals surface area contributed by atoms with E-state index in [1.165, 1.54) is 19.4 Å². The minimum absolute atomic E-state index is 0.0815. The lowest BCUT2D eigenvalue weighted by atomic mass is 9.96. The molecule has 0 unspecified atom stereocenters. The molecule has 0 saturated heterocycles. The number of carbonyl (C=O) groups excluding carboxylic acids is 1. The Morgan fingerprint density at radius 3 is 2.56 bits per heavy atom. The Kier molecular flexibility index (Phi) is 5.52. The minimum atomic E-state index is -1.85. The number of methoxy groups -OCH3 is 1. The predicted octanol–water partition coefficient (Wildman–Crippen LogP) is 3.81. The van der Waals surface area contributed by atoms with Crippen LogP contribution >= 0.6 is 0 Å². The van der Waals surface area contributed by atoms with Crippen molar-refractivity contribution in [1.29, 1.82) is 0 Å². The summed E-state index contributed by atoms with van der Waals surface area (Å²) >= 11 is 0. The zero-order valence-electron chi connectivity index (χ0n) is 15.3. The Labute approximate surface area is 157 Å². The third kappa shape index (κ3) is 4.51. The first-order chi connectivity index (χ1) is 13.0. The average Bonchev–Trinajstić information content (AvgIpc) is 3.16. The highest BCUT2D eigenvalue weighted by atomic mass is 16.5. The molecule has 0 bridgehead atoms. The lowest BCUT2D eigenvalue weighted by Gasteiger charge is -2.20. The fraction of sp³-hybridized carbons (Fsp3) is 0.182. The maximum atomic E-state index is 12.2. The predicted molar refractivity (Wildman–Crippen MR) is 103 cm³/mol. The smallest absolute Gasteiger partial charge is 0.342 e. The van der Waals surface area contributed by atoms with Gasteiger partial charge < -0.3 is 14.3 Å². The summed E-state index contributed by atoms with van der Waals surface area (Å²) in [7, 11) is 1.24. The lowest BCUT2D eigenvalue weighted by Crippen LogP contribution is -2.39. The normalized spacial score (nSPS) is 13.4. The van der Waals surface area contributed by atoms with Crippen molar-refractivity contribution in [2.24, 2.45) is 0 Å². The first kappa shape index (κ1) is 18.6. The van der Waals surface area contributed by atoms with Gasteiger partial charge in [-0.1, -0.05) is 54.1 Å². The second kappa shape index (κ2) is 8.01. The number of carbonyl (C=O) groups is 1. The van der Waals surface area contributed by atoms with Crippen LogP contribution in [0.5, 0.6) is 0 Å². The lowest BCUT2D eigenvalue weighted by molar-refractivity contribution is -0.157. The number of aryl methyl sites for hydroxylation is 1. The van der Waals surface area contributed by atoms with Gasteiger partial charge in [0.25, 0.3) is 0 Å². The van der Waals surface area contributed by atoms with Crippen LogP contribution in [0.1, 0.15) is 16.9 Å². The molecule has 3 rings (SSSR count). The van der Waals surface area contributed by atoms with Crippen LogP contribution in [0.2, 0.25) is 0 Å². The van der Waals surface area contributed by atoms with Crippen LogP contribution in [0.3, 0.4) is 0 Å². The molecule has 27 heavy (non-hydrogen) atoms. The van der Waals surface area contributed by atoms with Gasteiger partial charge in [-0.15, -0.1) is 0 Å². The number of nitrogens with zero attached hydrogens (tertiary/aromatic N) is 1. The van der Waals surface area contributed by atoms with E-state index >= 15 is 0 Å². The standard InChI is InChI=1S/C22H21NO4/c1-16-8-10-17(11-9-16)12-13-22(25,21(24)26-2)14-19-15-23-20(27-19)18-6-4-3-5-7-18/h3-13,15,25H,14H2,1-2H3/b13-12+/t22-/m0/s1. The van der Waals surface area contributed by atoms with Gasteiger partial charge in [0.1, 0.15) is 5.76 Å².